The zero-order valence-electron chi connectivity index (χ0n) is 21.1. The van der Waals surface area contributed by atoms with Gasteiger partial charge in [-0.25, -0.2) is 0 Å². The number of carbonyl (C=O) groups is 1. The molecule has 0 saturated carbocycles. The number of nitrogens with one attached hydrogen (secondary N) is 1. The van der Waals surface area contributed by atoms with Gasteiger partial charge in [-0.15, -0.1) is 0 Å². The molecule has 0 aliphatic carbocycles. The van der Waals surface area contributed by atoms with E-state index in [2.05, 4.69) is 85.2 Å². The molecule has 0 atom stereocenters. The molecule has 3 heteroatoms. The topological polar surface area (TPSA) is 38.3 Å². The molecule has 0 bridgehead atoms. The maximum Gasteiger partial charge on any atom is 0.220 e. The molecule has 0 aliphatic heterocycles. The quantitative estimate of drug-likeness (QED) is 0.226. The van der Waals surface area contributed by atoms with E-state index in [0.717, 1.165) is 62.7 Å². The first-order valence-electron chi connectivity index (χ1n) is 12.6. The van der Waals surface area contributed by atoms with Crippen molar-refractivity contribution in [2.24, 2.45) is 0 Å². The molecule has 184 valence electrons. The number of hydrogen-bond acceptors (Lipinski definition) is 2. The highest BCUT2D eigenvalue weighted by molar-refractivity contribution is 5.75. The summed E-state index contributed by atoms with van der Waals surface area (Å²) in [4.78, 5) is 11.9. The molecule has 0 saturated heterocycles. The van der Waals surface area contributed by atoms with E-state index in [1.54, 1.807) is 7.11 Å². The number of hydrogen-bond donors (Lipinski definition) is 1. The van der Waals surface area contributed by atoms with Crippen molar-refractivity contribution < 1.29 is 9.53 Å². The SMILES string of the molecule is CC/C=C/C/C=C/C/C=C/C/C=C/C/C=C/C/C=C/CCC(=O)NCCc1cccc(OC)c1. The maximum absolute atomic E-state index is 11.9. The molecular weight excluding hydrogens is 418 g/mol. The van der Waals surface area contributed by atoms with Crippen LogP contribution in [-0.2, 0) is 11.2 Å². The molecule has 0 heterocycles. The molecule has 1 aromatic carbocycles. The minimum atomic E-state index is 0.0995. The highest BCUT2D eigenvalue weighted by atomic mass is 16.5. The summed E-state index contributed by atoms with van der Waals surface area (Å²) in [5, 5.41) is 2.98. The van der Waals surface area contributed by atoms with E-state index in [9.17, 15) is 4.79 Å². The second kappa shape index (κ2) is 21.8. The summed E-state index contributed by atoms with van der Waals surface area (Å²) in [6.45, 7) is 2.80. The molecule has 0 radical (unpaired) electrons. The molecule has 1 N–H and O–H groups in total. The van der Waals surface area contributed by atoms with Gasteiger partial charge in [-0.2, -0.15) is 0 Å². The highest BCUT2D eigenvalue weighted by Gasteiger charge is 2.00. The zero-order chi connectivity index (χ0) is 24.5. The van der Waals surface area contributed by atoms with Crippen molar-refractivity contribution in [3.63, 3.8) is 0 Å². The van der Waals surface area contributed by atoms with Gasteiger partial charge in [0, 0.05) is 13.0 Å². The van der Waals surface area contributed by atoms with Gasteiger partial charge in [0.15, 0.2) is 0 Å². The van der Waals surface area contributed by atoms with E-state index >= 15 is 0 Å². The summed E-state index contributed by atoms with van der Waals surface area (Å²) in [5.41, 5.74) is 1.16. The smallest absolute Gasteiger partial charge is 0.220 e. The van der Waals surface area contributed by atoms with Gasteiger partial charge in [-0.1, -0.05) is 92.0 Å². The van der Waals surface area contributed by atoms with E-state index in [1.807, 2.05) is 24.3 Å². The van der Waals surface area contributed by atoms with Crippen LogP contribution in [0.4, 0.5) is 0 Å². The molecule has 0 fully saturated rings. The molecule has 34 heavy (non-hydrogen) atoms. The van der Waals surface area contributed by atoms with Crippen LogP contribution in [0.3, 0.4) is 0 Å². The Morgan fingerprint density at radius 1 is 0.794 bits per heavy atom. The lowest BCUT2D eigenvalue weighted by atomic mass is 10.1. The van der Waals surface area contributed by atoms with Gasteiger partial charge in [0.1, 0.15) is 5.75 Å². The third kappa shape index (κ3) is 17.5. The number of rotatable bonds is 18. The predicted molar refractivity (Wildman–Crippen MR) is 147 cm³/mol. The van der Waals surface area contributed by atoms with Crippen molar-refractivity contribution >= 4 is 5.91 Å². The third-order valence-electron chi connectivity index (χ3n) is 5.00. The summed E-state index contributed by atoms with van der Waals surface area (Å²) >= 11 is 0. The summed E-state index contributed by atoms with van der Waals surface area (Å²) < 4.78 is 5.22. The van der Waals surface area contributed by atoms with Crippen LogP contribution in [0.2, 0.25) is 0 Å². The van der Waals surface area contributed by atoms with E-state index < -0.39 is 0 Å². The molecular formula is C31H43NO2. The average Bonchev–Trinajstić information content (AvgIpc) is 2.85. The molecule has 1 rings (SSSR count). The normalized spacial score (nSPS) is 12.4. The van der Waals surface area contributed by atoms with Gasteiger partial charge in [-0.3, -0.25) is 4.79 Å². The average molecular weight is 462 g/mol. The zero-order valence-corrected chi connectivity index (χ0v) is 21.1. The highest BCUT2D eigenvalue weighted by Crippen LogP contribution is 2.12. The molecule has 0 aliphatic rings. The number of ether oxygens (including phenoxy) is 1. The molecule has 3 nitrogen and oxygen atoms in total. The van der Waals surface area contributed by atoms with Crippen LogP contribution >= 0.6 is 0 Å². The Morgan fingerprint density at radius 2 is 1.32 bits per heavy atom. The number of benzene rings is 1. The van der Waals surface area contributed by atoms with Crippen LogP contribution < -0.4 is 10.1 Å². The number of methoxy groups -OCH3 is 1. The van der Waals surface area contributed by atoms with Gasteiger partial charge in [-0.05, 0) is 69.1 Å². The standard InChI is InChI=1S/C31H43NO2/c1-3-4-5-6-7-8-9-10-11-12-13-14-15-16-17-18-19-20-21-25-31(33)32-27-26-29-23-22-24-30(28-29)34-2/h4-5,7-8,10-11,13-14,16-17,19-20,22-24,28H,3,6,9,12,15,18,21,25-27H2,1-2H3,(H,32,33)/b5-4+,8-7+,11-10+,14-13+,17-16+,20-19+. The van der Waals surface area contributed by atoms with Gasteiger partial charge >= 0.3 is 0 Å². The van der Waals surface area contributed by atoms with Crippen molar-refractivity contribution in [3.05, 3.63) is 103 Å². The second-order valence-electron chi connectivity index (χ2n) is 7.91. The van der Waals surface area contributed by atoms with E-state index in [4.69, 9.17) is 4.74 Å². The molecule has 1 amide bonds. The molecule has 0 spiro atoms. The first-order chi connectivity index (χ1) is 16.8. The van der Waals surface area contributed by atoms with Crippen molar-refractivity contribution in [2.45, 2.75) is 64.7 Å². The van der Waals surface area contributed by atoms with Crippen LogP contribution in [0.5, 0.6) is 5.75 Å². The van der Waals surface area contributed by atoms with Crippen LogP contribution in [-0.4, -0.2) is 19.6 Å². The minimum Gasteiger partial charge on any atom is -0.497 e. The Hall–Kier alpha value is -3.07. The van der Waals surface area contributed by atoms with Gasteiger partial charge in [0.25, 0.3) is 0 Å². The fourth-order valence-corrected chi connectivity index (χ4v) is 3.12. The summed E-state index contributed by atoms with van der Waals surface area (Å²) in [7, 11) is 1.66. The molecule has 1 aromatic rings. The fourth-order valence-electron chi connectivity index (χ4n) is 3.12. The van der Waals surface area contributed by atoms with Crippen LogP contribution in [0.15, 0.2) is 97.2 Å². The molecule has 0 unspecified atom stereocenters. The lowest BCUT2D eigenvalue weighted by molar-refractivity contribution is -0.120. The maximum atomic E-state index is 11.9. The minimum absolute atomic E-state index is 0.0995. The van der Waals surface area contributed by atoms with Crippen molar-refractivity contribution in [1.82, 2.24) is 5.32 Å². The van der Waals surface area contributed by atoms with Crippen molar-refractivity contribution in [3.8, 4) is 5.75 Å². The van der Waals surface area contributed by atoms with Crippen LogP contribution in [0.25, 0.3) is 0 Å². The number of amides is 1. The lowest BCUT2D eigenvalue weighted by Crippen LogP contribution is -2.25. The predicted octanol–water partition coefficient (Wildman–Crippen LogP) is 7.83. The second-order valence-corrected chi connectivity index (χ2v) is 7.91. The summed E-state index contributed by atoms with van der Waals surface area (Å²) in [5.74, 6) is 0.948. The lowest BCUT2D eigenvalue weighted by Gasteiger charge is -2.06. The van der Waals surface area contributed by atoms with Gasteiger partial charge < -0.3 is 10.1 Å². The largest absolute Gasteiger partial charge is 0.497 e. The first-order valence-corrected chi connectivity index (χ1v) is 12.6. The molecule has 0 aromatic heterocycles. The Morgan fingerprint density at radius 3 is 1.85 bits per heavy atom. The van der Waals surface area contributed by atoms with E-state index in [-0.39, 0.29) is 5.91 Å². The van der Waals surface area contributed by atoms with Crippen LogP contribution in [0, 0.1) is 0 Å². The Bertz CT molecular complexity index is 828. The Kier molecular flexibility index (Phi) is 18.5. The Labute approximate surface area is 207 Å². The number of allylic oxidation sites excluding steroid dienone is 12. The Balaban J connectivity index is 1.99. The van der Waals surface area contributed by atoms with E-state index in [1.165, 1.54) is 0 Å². The fraction of sp³-hybridized carbons (Fsp3) is 0.387. The van der Waals surface area contributed by atoms with Crippen molar-refractivity contribution in [1.29, 1.82) is 0 Å². The van der Waals surface area contributed by atoms with Crippen LogP contribution in [0.1, 0.15) is 63.9 Å². The monoisotopic (exact) mass is 461 g/mol. The van der Waals surface area contributed by atoms with Gasteiger partial charge in [0.2, 0.25) is 5.91 Å². The summed E-state index contributed by atoms with van der Waals surface area (Å²) in [6, 6.07) is 7.95. The first kappa shape index (κ1) is 29.0. The van der Waals surface area contributed by atoms with E-state index in [0.29, 0.717) is 13.0 Å². The van der Waals surface area contributed by atoms with Crippen molar-refractivity contribution in [2.75, 3.05) is 13.7 Å². The third-order valence-corrected chi connectivity index (χ3v) is 5.00. The van der Waals surface area contributed by atoms with Gasteiger partial charge in [0.05, 0.1) is 7.11 Å². The summed E-state index contributed by atoms with van der Waals surface area (Å²) in [6.07, 6.45) is 34.3. The number of carbonyl (C=O) groups excluding carboxylic acids is 1.